The Hall–Kier alpha value is -1.48. The number of carbonyl (C=O) groups excluding carboxylic acids is 1. The highest BCUT2D eigenvalue weighted by molar-refractivity contribution is 7.99. The minimum absolute atomic E-state index is 0.0795. The third-order valence-electron chi connectivity index (χ3n) is 6.81. The summed E-state index contributed by atoms with van der Waals surface area (Å²) in [4.78, 5) is 15.6. The molecule has 0 unspecified atom stereocenters. The summed E-state index contributed by atoms with van der Waals surface area (Å²) in [6.45, 7) is 12.8. The van der Waals surface area contributed by atoms with Crippen molar-refractivity contribution in [2.24, 2.45) is 0 Å². The summed E-state index contributed by atoms with van der Waals surface area (Å²) in [5, 5.41) is 11.0. The SMILES string of the molecule is CCSCCN(CCSCC)c1ccc(C2=C(O)C(=C3C=CC(=[N+](CCSCC)CCSCC)C=C3)C2=O)cc1. The van der Waals surface area contributed by atoms with Gasteiger partial charge in [-0.1, -0.05) is 39.8 Å². The van der Waals surface area contributed by atoms with Crippen LogP contribution in [0.5, 0.6) is 0 Å². The highest BCUT2D eigenvalue weighted by Crippen LogP contribution is 2.39. The van der Waals surface area contributed by atoms with Crippen molar-refractivity contribution in [2.45, 2.75) is 27.7 Å². The van der Waals surface area contributed by atoms with Gasteiger partial charge in [0.15, 0.2) is 18.8 Å². The molecule has 0 saturated heterocycles. The number of aliphatic hydroxyl groups excluding tert-OH is 1. The number of Topliss-reactive ketones (excluding diaryl/α,β-unsaturated/α-hetero) is 1. The van der Waals surface area contributed by atoms with Crippen LogP contribution in [0.1, 0.15) is 33.3 Å². The first-order valence-corrected chi connectivity index (χ1v) is 19.0. The van der Waals surface area contributed by atoms with Gasteiger partial charge >= 0.3 is 0 Å². The van der Waals surface area contributed by atoms with Crippen LogP contribution < -0.4 is 4.90 Å². The Morgan fingerprint density at radius 1 is 0.700 bits per heavy atom. The maximum atomic E-state index is 13.2. The molecule has 0 saturated carbocycles. The fourth-order valence-electron chi connectivity index (χ4n) is 4.63. The minimum Gasteiger partial charge on any atom is -0.506 e. The lowest BCUT2D eigenvalue weighted by Crippen LogP contribution is -2.28. The zero-order valence-corrected chi connectivity index (χ0v) is 27.8. The van der Waals surface area contributed by atoms with Crippen LogP contribution in [0.15, 0.2) is 65.5 Å². The van der Waals surface area contributed by atoms with Crippen molar-refractivity contribution < 1.29 is 14.5 Å². The van der Waals surface area contributed by atoms with Crippen molar-refractivity contribution in [3.05, 3.63) is 71.0 Å². The first-order valence-electron chi connectivity index (χ1n) is 14.4. The molecule has 0 heterocycles. The molecule has 2 aliphatic rings. The zero-order valence-electron chi connectivity index (χ0n) is 24.5. The van der Waals surface area contributed by atoms with Gasteiger partial charge in [0.05, 0.1) is 22.7 Å². The number of ketones is 1. The quantitative estimate of drug-likeness (QED) is 0.106. The van der Waals surface area contributed by atoms with Crippen LogP contribution in [-0.4, -0.2) is 93.4 Å². The first kappa shape index (κ1) is 33.0. The van der Waals surface area contributed by atoms with Crippen molar-refractivity contribution >= 4 is 69.8 Å². The molecule has 0 atom stereocenters. The lowest BCUT2D eigenvalue weighted by Gasteiger charge is -2.26. The molecular formula is C32H45N2O2S4+. The third kappa shape index (κ3) is 9.27. The summed E-state index contributed by atoms with van der Waals surface area (Å²) in [6, 6.07) is 8.13. The molecule has 0 radical (unpaired) electrons. The zero-order chi connectivity index (χ0) is 28.7. The van der Waals surface area contributed by atoms with Gasteiger partial charge in [0.25, 0.3) is 0 Å². The number of hydrogen-bond donors (Lipinski definition) is 1. The van der Waals surface area contributed by atoms with Crippen molar-refractivity contribution in [3.63, 3.8) is 0 Å². The van der Waals surface area contributed by atoms with Crippen LogP contribution in [0.3, 0.4) is 0 Å². The monoisotopic (exact) mass is 617 g/mol. The van der Waals surface area contributed by atoms with E-state index in [1.165, 1.54) is 11.4 Å². The van der Waals surface area contributed by atoms with Gasteiger partial charge in [0.1, 0.15) is 5.76 Å². The van der Waals surface area contributed by atoms with Gasteiger partial charge in [-0.05, 0) is 58.4 Å². The minimum atomic E-state index is -0.0795. The van der Waals surface area contributed by atoms with E-state index >= 15 is 0 Å². The molecule has 218 valence electrons. The molecular weight excluding hydrogens is 573 g/mol. The topological polar surface area (TPSA) is 43.5 Å². The fourth-order valence-corrected chi connectivity index (χ4v) is 7.19. The molecule has 0 aromatic heterocycles. The van der Waals surface area contributed by atoms with E-state index in [1.54, 1.807) is 0 Å². The highest BCUT2D eigenvalue weighted by atomic mass is 32.2. The van der Waals surface area contributed by atoms with Crippen LogP contribution in [0.4, 0.5) is 5.69 Å². The first-order chi connectivity index (χ1) is 19.5. The molecule has 1 aromatic carbocycles. The molecule has 0 spiro atoms. The van der Waals surface area contributed by atoms with E-state index in [2.05, 4.69) is 61.5 Å². The van der Waals surface area contributed by atoms with Crippen LogP contribution in [0.25, 0.3) is 5.57 Å². The van der Waals surface area contributed by atoms with Gasteiger partial charge in [0.2, 0.25) is 5.78 Å². The fraction of sp³-hybridized carbons (Fsp3) is 0.500. The summed E-state index contributed by atoms with van der Waals surface area (Å²) < 4.78 is 2.43. The third-order valence-corrected chi connectivity index (χ3v) is 10.3. The maximum Gasteiger partial charge on any atom is 0.201 e. The van der Waals surface area contributed by atoms with Gasteiger partial charge in [-0.2, -0.15) is 47.0 Å². The molecule has 0 amide bonds. The van der Waals surface area contributed by atoms with Crippen molar-refractivity contribution in [2.75, 3.05) is 77.1 Å². The highest BCUT2D eigenvalue weighted by Gasteiger charge is 2.36. The lowest BCUT2D eigenvalue weighted by atomic mass is 9.80. The molecule has 0 fully saturated rings. The second-order valence-corrected chi connectivity index (χ2v) is 14.9. The number of benzene rings is 1. The van der Waals surface area contributed by atoms with E-state index in [-0.39, 0.29) is 11.5 Å². The molecule has 0 bridgehead atoms. The largest absolute Gasteiger partial charge is 0.506 e. The van der Waals surface area contributed by atoms with E-state index in [9.17, 15) is 9.90 Å². The van der Waals surface area contributed by atoms with Gasteiger partial charge in [0, 0.05) is 42.4 Å². The van der Waals surface area contributed by atoms with E-state index in [0.29, 0.717) is 11.1 Å². The standard InChI is InChI=1S/C32H44N2O2S4/c1-5-37-21-17-33(18-22-38-6-2)27-13-9-25(10-14-27)29-31(35)30(32(29)36)26-11-15-28(16-12-26)34(19-23-39-7-3)20-24-40-8-4/h9-16H,5-8,17-24H2,1-4H3/p+1. The Labute approximate surface area is 258 Å². The summed E-state index contributed by atoms with van der Waals surface area (Å²) in [5.41, 5.74) is 4.76. The van der Waals surface area contributed by atoms with E-state index in [0.717, 1.165) is 83.3 Å². The van der Waals surface area contributed by atoms with Gasteiger partial charge < -0.3 is 10.0 Å². The van der Waals surface area contributed by atoms with E-state index in [4.69, 9.17) is 0 Å². The molecule has 3 rings (SSSR count). The Morgan fingerprint density at radius 3 is 1.68 bits per heavy atom. The maximum absolute atomic E-state index is 13.2. The number of anilines is 1. The van der Waals surface area contributed by atoms with Crippen LogP contribution >= 0.6 is 47.0 Å². The molecule has 0 aliphatic heterocycles. The Balaban J connectivity index is 1.76. The van der Waals surface area contributed by atoms with Gasteiger partial charge in [-0.25, -0.2) is 4.58 Å². The smallest absolute Gasteiger partial charge is 0.201 e. The molecule has 4 nitrogen and oxygen atoms in total. The number of thioether (sulfide) groups is 4. The summed E-state index contributed by atoms with van der Waals surface area (Å²) in [6.07, 6.45) is 8.13. The Bertz CT molecular complexity index is 1100. The number of allylic oxidation sites excluding steroid dienone is 7. The van der Waals surface area contributed by atoms with Crippen LogP contribution in [0.2, 0.25) is 0 Å². The molecule has 8 heteroatoms. The van der Waals surface area contributed by atoms with Crippen molar-refractivity contribution in [1.29, 1.82) is 0 Å². The van der Waals surface area contributed by atoms with E-state index in [1.807, 2.05) is 71.3 Å². The Morgan fingerprint density at radius 2 is 1.20 bits per heavy atom. The lowest BCUT2D eigenvalue weighted by molar-refractivity contribution is -0.516. The summed E-state index contributed by atoms with van der Waals surface area (Å²) >= 11 is 7.84. The van der Waals surface area contributed by atoms with Crippen molar-refractivity contribution in [1.82, 2.24) is 0 Å². The predicted molar refractivity (Wildman–Crippen MR) is 186 cm³/mol. The summed E-state index contributed by atoms with van der Waals surface area (Å²) in [5.74, 6) is 8.94. The number of carbonyl (C=O) groups is 1. The number of aliphatic hydroxyl groups is 1. The van der Waals surface area contributed by atoms with Crippen LogP contribution in [0, 0.1) is 0 Å². The average molecular weight is 618 g/mol. The normalized spacial score (nSPS) is 14.8. The molecule has 1 aromatic rings. The second-order valence-electron chi connectivity index (χ2n) is 9.28. The number of nitrogens with zero attached hydrogens (tertiary/aromatic N) is 2. The Kier molecular flexibility index (Phi) is 15.0. The number of hydrogen-bond acceptors (Lipinski definition) is 7. The predicted octanol–water partition coefficient (Wildman–Crippen LogP) is 7.23. The molecule has 1 N–H and O–H groups in total. The second kappa shape index (κ2) is 18.1. The van der Waals surface area contributed by atoms with Crippen molar-refractivity contribution in [3.8, 4) is 0 Å². The van der Waals surface area contributed by atoms with Gasteiger partial charge in [-0.3, -0.25) is 4.79 Å². The molecule has 2 aliphatic carbocycles. The average Bonchev–Trinajstić information content (AvgIpc) is 2.97. The van der Waals surface area contributed by atoms with Crippen LogP contribution in [-0.2, 0) is 4.79 Å². The number of rotatable bonds is 18. The summed E-state index contributed by atoms with van der Waals surface area (Å²) in [7, 11) is 0. The molecule has 40 heavy (non-hydrogen) atoms. The van der Waals surface area contributed by atoms with E-state index < -0.39 is 0 Å². The van der Waals surface area contributed by atoms with Gasteiger partial charge in [-0.15, -0.1) is 0 Å².